The Balaban J connectivity index is 0. The van der Waals surface area contributed by atoms with E-state index >= 15 is 0 Å². The van der Waals surface area contributed by atoms with Gasteiger partial charge in [0.05, 0.1) is 6.61 Å². The maximum absolute atomic E-state index is 10.6. The molecule has 0 heterocycles. The van der Waals surface area contributed by atoms with E-state index in [1.807, 2.05) is 6.92 Å². The van der Waals surface area contributed by atoms with Crippen molar-refractivity contribution in [2.24, 2.45) is 0 Å². The Labute approximate surface area is 88.4 Å². The molecule has 0 N–H and O–H groups in total. The predicted octanol–water partition coefficient (Wildman–Crippen LogP) is 1.91. The minimum Gasteiger partial charge on any atom is -0.448 e. The van der Waals surface area contributed by atoms with Crippen LogP contribution in [-0.2, 0) is 21.8 Å². The maximum atomic E-state index is 10.6. The third kappa shape index (κ3) is 8.40. The molecule has 71 valence electrons. The Morgan fingerprint density at radius 1 is 1.55 bits per heavy atom. The van der Waals surface area contributed by atoms with Crippen LogP contribution in [0.2, 0.25) is 0 Å². The number of thiol groups is 2. The average molecular weight is 245 g/mol. The molecule has 0 bridgehead atoms. The fraction of sp³-hybridized carbons (Fsp3) is 0.800. The van der Waals surface area contributed by atoms with Crippen molar-refractivity contribution in [3.8, 4) is 0 Å². The third-order valence-electron chi connectivity index (χ3n) is 0.887. The van der Waals surface area contributed by atoms with Crippen LogP contribution >= 0.6 is 25.6 Å². The van der Waals surface area contributed by atoms with Crippen LogP contribution in [0.3, 0.4) is 0 Å². The van der Waals surface area contributed by atoms with Crippen molar-refractivity contribution in [3.63, 3.8) is 0 Å². The average Bonchev–Trinajstić information content (AvgIpc) is 1.88. The molecule has 0 atom stereocenters. The zero-order valence-electron chi connectivity index (χ0n) is 6.08. The van der Waals surface area contributed by atoms with E-state index in [4.69, 9.17) is 0 Å². The Kier molecular flexibility index (Phi) is 11.0. The van der Waals surface area contributed by atoms with Crippen molar-refractivity contribution in [2.75, 3.05) is 6.61 Å². The monoisotopic (exact) mass is 244 g/mol. The first-order valence-electron chi connectivity index (χ1n) is 3.03. The molecular formula is C5H11CuNO2S2. The number of ether oxygens (including phenoxy) is 1. The Morgan fingerprint density at radius 2 is 2.09 bits per heavy atom. The molecule has 0 aromatic rings. The molecule has 11 heavy (non-hydrogen) atoms. The van der Waals surface area contributed by atoms with Crippen LogP contribution in [0.4, 0.5) is 4.79 Å². The molecule has 0 aliphatic carbocycles. The number of carbonyl (C=O) groups is 1. The Morgan fingerprint density at radius 3 is 2.45 bits per heavy atom. The number of amides is 1. The molecule has 0 saturated heterocycles. The van der Waals surface area contributed by atoms with Crippen LogP contribution in [0, 0.1) is 0 Å². The van der Waals surface area contributed by atoms with E-state index in [9.17, 15) is 4.79 Å². The van der Waals surface area contributed by atoms with E-state index in [1.165, 1.54) is 0 Å². The standard InChI is InChI=1S/C5H11NO2S2.Cu/c1-2-3-4-8-5(7)6(9)10;/h9-10H,2-4H2,1H3;. The van der Waals surface area contributed by atoms with Gasteiger partial charge in [-0.2, -0.15) is 3.71 Å². The fourth-order valence-electron chi connectivity index (χ4n) is 0.362. The second-order valence-electron chi connectivity index (χ2n) is 1.76. The molecule has 0 aromatic heterocycles. The number of carbonyl (C=O) groups excluding carboxylic acids is 1. The third-order valence-corrected chi connectivity index (χ3v) is 1.21. The van der Waals surface area contributed by atoms with Gasteiger partial charge < -0.3 is 4.74 Å². The molecule has 1 amide bonds. The number of nitrogens with zero attached hydrogens (tertiary/aromatic N) is 1. The number of hydrogen-bond donors (Lipinski definition) is 2. The van der Waals surface area contributed by atoms with Crippen molar-refractivity contribution in [1.29, 1.82) is 0 Å². The van der Waals surface area contributed by atoms with Crippen LogP contribution in [-0.4, -0.2) is 16.4 Å². The summed E-state index contributed by atoms with van der Waals surface area (Å²) in [6.07, 6.45) is 1.35. The summed E-state index contributed by atoms with van der Waals surface area (Å²) < 4.78 is 5.49. The molecule has 3 nitrogen and oxygen atoms in total. The molecule has 0 aliphatic heterocycles. The zero-order valence-corrected chi connectivity index (χ0v) is 8.81. The van der Waals surface area contributed by atoms with Crippen molar-refractivity contribution in [3.05, 3.63) is 0 Å². The summed E-state index contributed by atoms with van der Waals surface area (Å²) in [7, 11) is 0. The summed E-state index contributed by atoms with van der Waals surface area (Å²) in [6, 6.07) is 0. The summed E-state index contributed by atoms with van der Waals surface area (Å²) in [5.41, 5.74) is 0. The molecule has 0 saturated carbocycles. The van der Waals surface area contributed by atoms with Crippen molar-refractivity contribution >= 4 is 31.7 Å². The van der Waals surface area contributed by atoms with Gasteiger partial charge in [0.2, 0.25) is 0 Å². The first kappa shape index (κ1) is 14.0. The van der Waals surface area contributed by atoms with Crippen molar-refractivity contribution in [2.45, 2.75) is 19.8 Å². The molecule has 0 aromatic carbocycles. The molecule has 1 radical (unpaired) electrons. The molecule has 0 unspecified atom stereocenters. The first-order chi connectivity index (χ1) is 4.68. The second kappa shape index (κ2) is 8.58. The van der Waals surface area contributed by atoms with Gasteiger partial charge >= 0.3 is 6.09 Å². The Bertz CT molecular complexity index is 113. The van der Waals surface area contributed by atoms with Gasteiger partial charge in [0.15, 0.2) is 0 Å². The van der Waals surface area contributed by atoms with Gasteiger partial charge in [-0.3, -0.25) is 0 Å². The minimum atomic E-state index is -0.528. The molecule has 6 heteroatoms. The largest absolute Gasteiger partial charge is 0.448 e. The van der Waals surface area contributed by atoms with Crippen LogP contribution in [0.1, 0.15) is 19.8 Å². The van der Waals surface area contributed by atoms with E-state index in [0.29, 0.717) is 6.61 Å². The Hall–Kier alpha value is 0.489. The fourth-order valence-corrected chi connectivity index (χ4v) is 0.477. The van der Waals surface area contributed by atoms with E-state index < -0.39 is 6.09 Å². The van der Waals surface area contributed by atoms with Gasteiger partial charge in [0, 0.05) is 17.1 Å². The smallest absolute Gasteiger partial charge is 0.429 e. The van der Waals surface area contributed by atoms with Gasteiger partial charge in [0.1, 0.15) is 0 Å². The molecule has 0 spiro atoms. The normalized spacial score (nSPS) is 8.27. The molecule has 0 fully saturated rings. The number of unbranched alkanes of at least 4 members (excludes halogenated alkanes) is 1. The van der Waals surface area contributed by atoms with E-state index in [0.717, 1.165) is 16.6 Å². The van der Waals surface area contributed by atoms with Gasteiger partial charge in [-0.25, -0.2) is 4.79 Å². The summed E-state index contributed by atoms with van der Waals surface area (Å²) >= 11 is 7.24. The summed E-state index contributed by atoms with van der Waals surface area (Å²) in [6.45, 7) is 2.46. The zero-order chi connectivity index (χ0) is 7.98. The van der Waals surface area contributed by atoms with E-state index in [1.54, 1.807) is 0 Å². The minimum absolute atomic E-state index is 0. The maximum Gasteiger partial charge on any atom is 0.429 e. The summed E-state index contributed by atoms with van der Waals surface area (Å²) in [4.78, 5) is 10.6. The van der Waals surface area contributed by atoms with Gasteiger partial charge in [-0.05, 0) is 32.1 Å². The van der Waals surface area contributed by atoms with Gasteiger partial charge in [-0.15, -0.1) is 0 Å². The van der Waals surface area contributed by atoms with Crippen molar-refractivity contribution < 1.29 is 26.6 Å². The van der Waals surface area contributed by atoms with Crippen LogP contribution in [0.5, 0.6) is 0 Å². The predicted molar refractivity (Wildman–Crippen MR) is 46.1 cm³/mol. The summed E-state index contributed by atoms with van der Waals surface area (Å²) in [5.74, 6) is 0. The molecular weight excluding hydrogens is 234 g/mol. The summed E-state index contributed by atoms with van der Waals surface area (Å²) in [5, 5.41) is 0. The second-order valence-corrected chi connectivity index (χ2v) is 2.87. The first-order valence-corrected chi connectivity index (χ1v) is 3.83. The van der Waals surface area contributed by atoms with Crippen molar-refractivity contribution in [1.82, 2.24) is 3.71 Å². The van der Waals surface area contributed by atoms with E-state index in [2.05, 4.69) is 30.4 Å². The SMILES string of the molecule is CCCCOC(=O)N(S)S.[Cu]. The topological polar surface area (TPSA) is 29.5 Å². The van der Waals surface area contributed by atoms with Crippen LogP contribution in [0.25, 0.3) is 0 Å². The van der Waals surface area contributed by atoms with E-state index in [-0.39, 0.29) is 17.1 Å². The van der Waals surface area contributed by atoms with Gasteiger partial charge in [-0.1, -0.05) is 13.3 Å². The van der Waals surface area contributed by atoms with Crippen LogP contribution in [0.15, 0.2) is 0 Å². The quantitative estimate of drug-likeness (QED) is 0.451. The number of rotatable bonds is 3. The van der Waals surface area contributed by atoms with Crippen LogP contribution < -0.4 is 0 Å². The number of hydrogen-bond acceptors (Lipinski definition) is 4. The molecule has 0 aliphatic rings. The van der Waals surface area contributed by atoms with Gasteiger partial charge in [0.25, 0.3) is 0 Å². The molecule has 0 rings (SSSR count).